The minimum atomic E-state index is -0.834. The zero-order valence-electron chi connectivity index (χ0n) is 20.0. The summed E-state index contributed by atoms with van der Waals surface area (Å²) in [4.78, 5) is 82.2. The Morgan fingerprint density at radius 2 is 1.36 bits per heavy atom. The number of ether oxygens (including phenoxy) is 3. The lowest BCUT2D eigenvalue weighted by atomic mass is 9.86. The smallest absolute Gasteiger partial charge is 0.355 e. The van der Waals surface area contributed by atoms with Crippen molar-refractivity contribution in [3.63, 3.8) is 0 Å². The van der Waals surface area contributed by atoms with Crippen molar-refractivity contribution in [1.29, 1.82) is 0 Å². The average Bonchev–Trinajstić information content (AvgIpc) is 3.39. The first-order valence-corrected chi connectivity index (χ1v) is 11.1. The summed E-state index contributed by atoms with van der Waals surface area (Å²) in [6.07, 6.45) is 1.74. The first-order chi connectivity index (χ1) is 17.1. The number of esters is 2. The molecule has 2 aromatic rings. The van der Waals surface area contributed by atoms with E-state index in [9.17, 15) is 28.8 Å². The SMILES string of the molecule is CCOC(=O)c1[nH]c2c(c1C)C(=O)C(Cc1c(C(=O)OCC)[nH]c3c1C(=O)C(OC)=CC3=O)=CC2=O. The lowest BCUT2D eigenvalue weighted by molar-refractivity contribution is 0.0509. The topological polar surface area (TPSA) is 162 Å². The fourth-order valence-corrected chi connectivity index (χ4v) is 4.31. The molecular weight excluding hydrogens is 472 g/mol. The van der Waals surface area contributed by atoms with Gasteiger partial charge in [-0.05, 0) is 32.4 Å². The van der Waals surface area contributed by atoms with Crippen molar-refractivity contribution < 1.29 is 43.0 Å². The number of fused-ring (bicyclic) bond motifs is 2. The van der Waals surface area contributed by atoms with Gasteiger partial charge in [0.2, 0.25) is 17.3 Å². The molecule has 2 aliphatic carbocycles. The monoisotopic (exact) mass is 494 g/mol. The van der Waals surface area contributed by atoms with Crippen LogP contribution in [0.1, 0.15) is 87.6 Å². The molecule has 0 unspecified atom stereocenters. The van der Waals surface area contributed by atoms with Gasteiger partial charge in [0.25, 0.3) is 0 Å². The van der Waals surface area contributed by atoms with Crippen LogP contribution in [-0.4, -0.2) is 65.4 Å². The molecule has 0 atom stereocenters. The number of carbonyl (C=O) groups excluding carboxylic acids is 6. The fraction of sp³-hybridized carbons (Fsp3) is 0.280. The third kappa shape index (κ3) is 3.78. The molecule has 2 heterocycles. The van der Waals surface area contributed by atoms with Crippen LogP contribution < -0.4 is 0 Å². The highest BCUT2D eigenvalue weighted by Crippen LogP contribution is 2.33. The molecule has 0 saturated heterocycles. The summed E-state index contributed by atoms with van der Waals surface area (Å²) < 4.78 is 15.1. The van der Waals surface area contributed by atoms with Crippen LogP contribution in [0.3, 0.4) is 0 Å². The second kappa shape index (κ2) is 9.25. The Hall–Kier alpha value is -4.54. The highest BCUT2D eigenvalue weighted by Gasteiger charge is 2.38. The Kier molecular flexibility index (Phi) is 6.32. The average molecular weight is 494 g/mol. The van der Waals surface area contributed by atoms with Crippen LogP contribution in [0.5, 0.6) is 0 Å². The van der Waals surface area contributed by atoms with Gasteiger partial charge >= 0.3 is 11.9 Å². The number of hydrogen-bond donors (Lipinski definition) is 2. The van der Waals surface area contributed by atoms with Gasteiger partial charge in [-0.15, -0.1) is 0 Å². The maximum absolute atomic E-state index is 13.4. The van der Waals surface area contributed by atoms with Crippen molar-refractivity contribution >= 4 is 35.1 Å². The van der Waals surface area contributed by atoms with E-state index in [0.29, 0.717) is 0 Å². The van der Waals surface area contributed by atoms with Gasteiger partial charge in [-0.25, -0.2) is 9.59 Å². The van der Waals surface area contributed by atoms with Gasteiger partial charge in [0.1, 0.15) is 11.4 Å². The van der Waals surface area contributed by atoms with E-state index in [0.717, 1.165) is 12.2 Å². The van der Waals surface area contributed by atoms with E-state index in [1.165, 1.54) is 14.0 Å². The molecule has 0 bridgehead atoms. The number of carbonyl (C=O) groups is 6. The lowest BCUT2D eigenvalue weighted by Gasteiger charge is -2.15. The Labute approximate surface area is 204 Å². The molecule has 0 aromatic carbocycles. The maximum atomic E-state index is 13.4. The van der Waals surface area contributed by atoms with Gasteiger partial charge < -0.3 is 24.2 Å². The second-order valence-corrected chi connectivity index (χ2v) is 7.99. The number of nitrogens with one attached hydrogen (secondary N) is 2. The van der Waals surface area contributed by atoms with E-state index < -0.39 is 35.1 Å². The fourth-order valence-electron chi connectivity index (χ4n) is 4.31. The van der Waals surface area contributed by atoms with Gasteiger partial charge in [0.05, 0.1) is 42.8 Å². The van der Waals surface area contributed by atoms with E-state index in [1.54, 1.807) is 13.8 Å². The number of hydrogen-bond acceptors (Lipinski definition) is 9. The van der Waals surface area contributed by atoms with Gasteiger partial charge in [-0.1, -0.05) is 0 Å². The van der Waals surface area contributed by atoms with Crippen LogP contribution in [0.15, 0.2) is 23.5 Å². The van der Waals surface area contributed by atoms with Crippen LogP contribution in [0.25, 0.3) is 0 Å². The van der Waals surface area contributed by atoms with Gasteiger partial charge in [-0.3, -0.25) is 19.2 Å². The zero-order valence-corrected chi connectivity index (χ0v) is 20.0. The quantitative estimate of drug-likeness (QED) is 0.551. The van der Waals surface area contributed by atoms with E-state index >= 15 is 0 Å². The summed E-state index contributed by atoms with van der Waals surface area (Å²) in [7, 11) is 1.23. The third-order valence-corrected chi connectivity index (χ3v) is 5.93. The number of ketones is 4. The number of H-pyrrole nitrogens is 2. The summed E-state index contributed by atoms with van der Waals surface area (Å²) in [6.45, 7) is 4.85. The van der Waals surface area contributed by atoms with Crippen molar-refractivity contribution in [2.24, 2.45) is 0 Å². The molecule has 2 aromatic heterocycles. The Morgan fingerprint density at radius 1 is 0.806 bits per heavy atom. The Balaban J connectivity index is 1.81. The van der Waals surface area contributed by atoms with E-state index in [2.05, 4.69) is 9.97 Å². The molecule has 186 valence electrons. The summed E-state index contributed by atoms with van der Waals surface area (Å²) in [5.41, 5.74) is -0.288. The van der Waals surface area contributed by atoms with E-state index in [4.69, 9.17) is 14.2 Å². The molecule has 0 saturated carbocycles. The van der Waals surface area contributed by atoms with Gasteiger partial charge in [-0.2, -0.15) is 0 Å². The molecule has 11 nitrogen and oxygen atoms in total. The number of rotatable bonds is 7. The predicted molar refractivity (Wildman–Crippen MR) is 122 cm³/mol. The molecule has 36 heavy (non-hydrogen) atoms. The Morgan fingerprint density at radius 3 is 1.97 bits per heavy atom. The standard InChI is InChI=1S/C25H22N2O9/c1-5-35-24(32)18-10(3)16-20(26-18)13(28)8-11(22(16)30)7-12-17-21(27-19(12)25(33)36-6-2)14(29)9-15(34-4)23(17)31/h8-9,26-27H,5-7H2,1-4H3. The molecule has 0 aliphatic heterocycles. The molecule has 4 rings (SSSR count). The molecule has 0 radical (unpaired) electrons. The minimum Gasteiger partial charge on any atom is -0.492 e. The highest BCUT2D eigenvalue weighted by atomic mass is 16.5. The van der Waals surface area contributed by atoms with E-state index in [-0.39, 0.29) is 76.0 Å². The number of aromatic amines is 2. The third-order valence-electron chi connectivity index (χ3n) is 5.93. The largest absolute Gasteiger partial charge is 0.492 e. The second-order valence-electron chi connectivity index (χ2n) is 7.99. The molecular formula is C25H22N2O9. The van der Waals surface area contributed by atoms with Crippen molar-refractivity contribution in [2.75, 3.05) is 20.3 Å². The maximum Gasteiger partial charge on any atom is 0.355 e. The Bertz CT molecular complexity index is 1430. The molecule has 0 fully saturated rings. The summed E-state index contributed by atoms with van der Waals surface area (Å²) in [5, 5.41) is 0. The predicted octanol–water partition coefficient (Wildman–Crippen LogP) is 2.46. The number of Topliss-reactive ketones (excluding diaryl/α,β-unsaturated/α-hetero) is 2. The number of aromatic nitrogens is 2. The molecule has 11 heteroatoms. The van der Waals surface area contributed by atoms with Crippen molar-refractivity contribution in [1.82, 2.24) is 9.97 Å². The molecule has 2 aliphatic rings. The molecule has 0 amide bonds. The highest BCUT2D eigenvalue weighted by molar-refractivity contribution is 6.27. The van der Waals surface area contributed by atoms with E-state index in [1.807, 2.05) is 0 Å². The summed E-state index contributed by atoms with van der Waals surface area (Å²) in [6, 6.07) is 0. The van der Waals surface area contributed by atoms with Crippen LogP contribution >= 0.6 is 0 Å². The summed E-state index contributed by atoms with van der Waals surface area (Å²) in [5.74, 6) is -4.17. The van der Waals surface area contributed by atoms with Crippen LogP contribution in [0.2, 0.25) is 0 Å². The summed E-state index contributed by atoms with van der Waals surface area (Å²) >= 11 is 0. The van der Waals surface area contributed by atoms with Gasteiger partial charge in [0.15, 0.2) is 11.5 Å². The lowest BCUT2D eigenvalue weighted by Crippen LogP contribution is -2.21. The van der Waals surface area contributed by atoms with Crippen molar-refractivity contribution in [2.45, 2.75) is 27.2 Å². The normalized spacial score (nSPS) is 14.7. The number of methoxy groups -OCH3 is 1. The first kappa shape index (κ1) is 24.6. The van der Waals surface area contributed by atoms with Crippen molar-refractivity contribution in [3.05, 3.63) is 68.5 Å². The number of allylic oxidation sites excluding steroid dienone is 4. The molecule has 0 spiro atoms. The van der Waals surface area contributed by atoms with Gasteiger partial charge in [0, 0.05) is 23.6 Å². The van der Waals surface area contributed by atoms with Crippen LogP contribution in [0.4, 0.5) is 0 Å². The van der Waals surface area contributed by atoms with Crippen LogP contribution in [-0.2, 0) is 20.6 Å². The zero-order chi connectivity index (χ0) is 26.3. The van der Waals surface area contributed by atoms with Crippen LogP contribution in [0, 0.1) is 6.92 Å². The first-order valence-electron chi connectivity index (χ1n) is 11.1. The van der Waals surface area contributed by atoms with Crippen molar-refractivity contribution in [3.8, 4) is 0 Å². The molecule has 2 N–H and O–H groups in total. The minimum absolute atomic E-state index is 0.00233.